The molecule has 0 aromatic heterocycles. The van der Waals surface area contributed by atoms with Gasteiger partial charge in [-0.2, -0.15) is 0 Å². The van der Waals surface area contributed by atoms with E-state index >= 15 is 0 Å². The number of aliphatic hydroxyl groups is 3. The first-order chi connectivity index (χ1) is 49.1. The number of hydrogen-bond donors (Lipinski definition) is 11. The number of rotatable bonds is 43. The van der Waals surface area contributed by atoms with Crippen LogP contribution in [0, 0.1) is 29.6 Å². The molecule has 0 aliphatic carbocycles. The molecular formula is C73H116N12O18S. The highest BCUT2D eigenvalue weighted by Crippen LogP contribution is 2.32. The Morgan fingerprint density at radius 2 is 1.38 bits per heavy atom. The topological polar surface area (TPSA) is 416 Å². The lowest BCUT2D eigenvalue weighted by molar-refractivity contribution is -0.148. The minimum absolute atomic E-state index is 0.00716. The second-order valence-corrected chi connectivity index (χ2v) is 29.5. The predicted octanol–water partition coefficient (Wildman–Crippen LogP) is 3.83. The molecule has 0 bridgehead atoms. The molecule has 14 atom stereocenters. The smallest absolute Gasteiger partial charge is 0.410 e. The van der Waals surface area contributed by atoms with Crippen LogP contribution in [-0.4, -0.2) is 232 Å². The van der Waals surface area contributed by atoms with Gasteiger partial charge in [0.1, 0.15) is 30.8 Å². The molecule has 2 aromatic rings. The Kier molecular flexibility index (Phi) is 37.0. The third-order valence-electron chi connectivity index (χ3n) is 19.2. The number of nitrogens with zero attached hydrogens (tertiary/aromatic N) is 4. The van der Waals surface area contributed by atoms with Crippen LogP contribution in [0.15, 0.2) is 54.6 Å². The van der Waals surface area contributed by atoms with Crippen molar-refractivity contribution >= 4 is 88.6 Å². The van der Waals surface area contributed by atoms with Crippen LogP contribution < -0.4 is 43.0 Å². The first-order valence-electron chi connectivity index (χ1n) is 36.1. The van der Waals surface area contributed by atoms with Crippen LogP contribution in [0.2, 0.25) is 0 Å². The van der Waals surface area contributed by atoms with E-state index < -0.39 is 155 Å². The molecule has 2 aliphatic rings. The number of urea groups is 1. The minimum Gasteiger partial charge on any atom is -0.445 e. The number of likely N-dealkylation sites (tertiary alicyclic amines) is 2. The number of unbranched alkanes of at least 4 members (excludes halogenated alkanes) is 2. The number of anilines is 1. The van der Waals surface area contributed by atoms with Gasteiger partial charge in [-0.15, -0.1) is 11.8 Å². The average Bonchev–Trinajstić information content (AvgIpc) is 1.57. The van der Waals surface area contributed by atoms with Crippen LogP contribution in [0.25, 0.3) is 0 Å². The Balaban J connectivity index is 1.35. The summed E-state index contributed by atoms with van der Waals surface area (Å²) in [6.07, 6.45) is -1.94. The lowest BCUT2D eigenvalue weighted by atomic mass is 9.89. The molecule has 1 unspecified atom stereocenters. The number of aliphatic hydroxyl groups excluding tert-OH is 2. The number of likely N-dealkylation sites (N-methyl/N-ethyl adjacent to an activating group) is 2. The molecule has 2 aliphatic heterocycles. The van der Waals surface area contributed by atoms with E-state index in [1.165, 1.54) is 33.1 Å². The number of carbonyl (C=O) groups excluding carboxylic acids is 12. The van der Waals surface area contributed by atoms with Crippen molar-refractivity contribution in [3.05, 3.63) is 65.7 Å². The normalized spacial score (nSPS) is 18.1. The van der Waals surface area contributed by atoms with E-state index in [1.54, 1.807) is 104 Å². The van der Waals surface area contributed by atoms with Gasteiger partial charge in [0, 0.05) is 79.2 Å². The first kappa shape index (κ1) is 88.4. The van der Waals surface area contributed by atoms with Gasteiger partial charge in [-0.1, -0.05) is 118 Å². The van der Waals surface area contributed by atoms with Crippen molar-refractivity contribution in [2.24, 2.45) is 35.3 Å². The lowest BCUT2D eigenvalue weighted by Crippen LogP contribution is -2.60. The van der Waals surface area contributed by atoms with Gasteiger partial charge in [0.2, 0.25) is 59.1 Å². The second kappa shape index (κ2) is 43.5. The number of nitrogens with two attached hydrogens (primary N) is 1. The quantitative estimate of drug-likeness (QED) is 0.0255. The average molecular weight is 1480 g/mol. The van der Waals surface area contributed by atoms with Gasteiger partial charge in [-0.3, -0.25) is 57.7 Å². The highest BCUT2D eigenvalue weighted by Gasteiger charge is 2.45. The summed E-state index contributed by atoms with van der Waals surface area (Å²) in [7, 11) is 6.05. The zero-order chi connectivity index (χ0) is 77.8. The fraction of sp³-hybridized carbons (Fsp3) is 0.671. The fourth-order valence-electron chi connectivity index (χ4n) is 13.1. The van der Waals surface area contributed by atoms with E-state index in [-0.39, 0.29) is 81.2 Å². The third-order valence-corrected chi connectivity index (χ3v) is 20.6. The fourth-order valence-corrected chi connectivity index (χ4v) is 14.3. The van der Waals surface area contributed by atoms with Crippen LogP contribution in [0.1, 0.15) is 164 Å². The number of imide groups is 1. The maximum Gasteiger partial charge on any atom is 0.410 e. The van der Waals surface area contributed by atoms with Crippen molar-refractivity contribution in [3.8, 4) is 0 Å². The van der Waals surface area contributed by atoms with E-state index in [9.17, 15) is 72.9 Å². The molecule has 0 radical (unpaired) electrons. The second-order valence-electron chi connectivity index (χ2n) is 28.2. The Hall–Kier alpha value is -7.97. The van der Waals surface area contributed by atoms with Crippen LogP contribution >= 0.6 is 11.8 Å². The SMILES string of the molecule is CC[C@H](C)[C@@H]([C@@H](CC(=O)N1CCC[C@H]1[C@H](OC)[C@@H](C)C(=O)N[C@H](C)[C@@H](O)c1ccccc1)OC)N(C)C(=O)[C@@H](NC(=O)[C@H](C(C)C)N(C)C(=O)OCc1ccc(NC(=O)[C@H](CCCNC(N)=O)NC(=O)[C@@H](NC(=O)CCCCCN2C(=O)CC(SC[C@H](NC(C)=O)C(O)O)C2=O)C(C)C)cc1)C(C)C. The van der Waals surface area contributed by atoms with Gasteiger partial charge in [-0.05, 0) is 92.4 Å². The van der Waals surface area contributed by atoms with E-state index in [1.807, 2.05) is 32.0 Å². The van der Waals surface area contributed by atoms with E-state index in [0.717, 1.165) is 21.6 Å². The molecule has 0 spiro atoms. The largest absolute Gasteiger partial charge is 0.445 e. The Bertz CT molecular complexity index is 3170. The summed E-state index contributed by atoms with van der Waals surface area (Å²) in [6.45, 7) is 19.5. The summed E-state index contributed by atoms with van der Waals surface area (Å²) in [5.41, 5.74) is 6.74. The van der Waals surface area contributed by atoms with E-state index in [0.29, 0.717) is 61.9 Å². The van der Waals surface area contributed by atoms with Gasteiger partial charge in [0.05, 0.1) is 60.1 Å². The summed E-state index contributed by atoms with van der Waals surface area (Å²) in [5, 5.41) is 48.4. The van der Waals surface area contributed by atoms with Crippen LogP contribution in [0.5, 0.6) is 0 Å². The number of carbonyl (C=O) groups is 12. The summed E-state index contributed by atoms with van der Waals surface area (Å²) in [5.74, 6) is -6.84. The maximum absolute atomic E-state index is 14.8. The molecule has 0 saturated carbocycles. The molecular weight excluding hydrogens is 1360 g/mol. The van der Waals surface area contributed by atoms with Crippen LogP contribution in [0.4, 0.5) is 15.3 Å². The van der Waals surface area contributed by atoms with Crippen molar-refractivity contribution < 1.29 is 87.1 Å². The third kappa shape index (κ3) is 26.6. The van der Waals surface area contributed by atoms with Crippen molar-refractivity contribution in [3.63, 3.8) is 0 Å². The summed E-state index contributed by atoms with van der Waals surface area (Å²) >= 11 is 1.04. The highest BCUT2D eigenvalue weighted by atomic mass is 32.2. The predicted molar refractivity (Wildman–Crippen MR) is 391 cm³/mol. The van der Waals surface area contributed by atoms with Gasteiger partial charge >= 0.3 is 12.1 Å². The molecule has 104 heavy (non-hydrogen) atoms. The van der Waals surface area contributed by atoms with Crippen LogP contribution in [0.3, 0.4) is 0 Å². The standard InChI is InChI=1S/C73H116N12O18S/c1-16-44(8)62(54(101-14)37-57(88)84-36-24-28-53(84)64(102-15)45(9)65(91)76-46(10)63(90)49-25-19-17-20-26-49)82(12)70(96)60(42(4)5)81-68(94)61(43(6)7)83(13)73(100)103-39-48-30-32-50(33-31-48)78-66(92)51(27-23-34-75-72(74)99)79-67(93)59(41(2)3)80-56(87)29-21-18-22-35-85-58(89)38-55(69(85)95)104-40-52(71(97)98)77-47(11)86/h17,19-20,25-26,30-33,41-46,51-55,59-64,71,90,97-98H,16,18,21-24,27-29,34-40H2,1-15H3,(H,76,91)(H,77,86)(H,78,92)(H,79,93)(H,80,87)(H,81,94)(H3,74,75,99)/t44-,45+,46+,51-,52-,53-,54+,55?,59-,60-,61-,62-,63+,64+/m0/s1. The zero-order valence-electron chi connectivity index (χ0n) is 63.1. The van der Waals surface area contributed by atoms with Gasteiger partial charge < -0.3 is 82.3 Å². The number of thioether (sulfide) groups is 1. The number of ether oxygens (including phenoxy) is 3. The molecule has 2 heterocycles. The van der Waals surface area contributed by atoms with E-state index in [4.69, 9.17) is 19.9 Å². The lowest BCUT2D eigenvalue weighted by Gasteiger charge is -2.41. The molecule has 2 saturated heterocycles. The summed E-state index contributed by atoms with van der Waals surface area (Å²) in [6, 6.07) is 7.44. The molecule has 582 valence electrons. The Morgan fingerprint density at radius 1 is 0.731 bits per heavy atom. The van der Waals surface area contributed by atoms with Gasteiger partial charge in [0.15, 0.2) is 6.29 Å². The van der Waals surface area contributed by atoms with Crippen molar-refractivity contribution in [1.82, 2.24) is 51.5 Å². The zero-order valence-corrected chi connectivity index (χ0v) is 64.0. The number of methoxy groups -OCH3 is 2. The minimum atomic E-state index is -1.86. The molecule has 12 N–H and O–H groups in total. The van der Waals surface area contributed by atoms with Gasteiger partial charge in [0.25, 0.3) is 0 Å². The Morgan fingerprint density at radius 3 is 1.96 bits per heavy atom. The van der Waals surface area contributed by atoms with Crippen molar-refractivity contribution in [2.45, 2.75) is 232 Å². The Labute approximate surface area is 616 Å². The number of amides is 13. The highest BCUT2D eigenvalue weighted by molar-refractivity contribution is 8.00. The first-order valence-corrected chi connectivity index (χ1v) is 37.1. The molecule has 2 fully saturated rings. The molecule has 30 nitrogen and oxygen atoms in total. The van der Waals surface area contributed by atoms with Crippen molar-refractivity contribution in [1.29, 1.82) is 0 Å². The maximum atomic E-state index is 14.8. The molecule has 31 heteroatoms. The number of nitrogens with one attached hydrogen (secondary N) is 7. The van der Waals surface area contributed by atoms with Crippen molar-refractivity contribution in [2.75, 3.05) is 59.0 Å². The van der Waals surface area contributed by atoms with Gasteiger partial charge in [-0.25, -0.2) is 9.59 Å². The van der Waals surface area contributed by atoms with E-state index in [2.05, 4.69) is 37.2 Å². The number of hydrogen-bond acceptors (Lipinski definition) is 19. The molecule has 2 aromatic carbocycles. The number of benzene rings is 2. The molecule has 13 amide bonds. The number of primary amides is 1. The molecule has 4 rings (SSSR count). The summed E-state index contributed by atoms with van der Waals surface area (Å²) in [4.78, 5) is 167. The summed E-state index contributed by atoms with van der Waals surface area (Å²) < 4.78 is 17.8. The van der Waals surface area contributed by atoms with Crippen LogP contribution in [-0.2, 0) is 68.8 Å². The monoisotopic (exact) mass is 1480 g/mol.